The topological polar surface area (TPSA) is 55.3 Å². The van der Waals surface area contributed by atoms with E-state index in [4.69, 9.17) is 16.3 Å². The number of rotatable bonds is 3. The number of benzene rings is 1. The van der Waals surface area contributed by atoms with Gasteiger partial charge in [0.1, 0.15) is 17.4 Å². The molecule has 0 bridgehead atoms. The molecule has 0 unspecified atom stereocenters. The van der Waals surface area contributed by atoms with Crippen molar-refractivity contribution in [2.45, 2.75) is 18.9 Å². The fourth-order valence-electron chi connectivity index (χ4n) is 2.39. The highest BCUT2D eigenvalue weighted by Crippen LogP contribution is 2.24. The van der Waals surface area contributed by atoms with Crippen LogP contribution in [0.1, 0.15) is 23.2 Å². The van der Waals surface area contributed by atoms with Crippen LogP contribution in [-0.4, -0.2) is 40.2 Å². The third-order valence-corrected chi connectivity index (χ3v) is 4.41. The highest BCUT2D eigenvalue weighted by Gasteiger charge is 2.27. The molecule has 5 nitrogen and oxygen atoms in total. The fourth-order valence-corrected chi connectivity index (χ4v) is 3.11. The molecule has 0 aliphatic carbocycles. The number of hydrogen-bond donors (Lipinski definition) is 0. The number of likely N-dealkylation sites (tertiary alicyclic amines) is 1. The van der Waals surface area contributed by atoms with Crippen LogP contribution in [0.25, 0.3) is 0 Å². The minimum Gasteiger partial charge on any atom is -0.465 e. The van der Waals surface area contributed by atoms with Gasteiger partial charge in [-0.25, -0.2) is 4.39 Å². The van der Waals surface area contributed by atoms with Gasteiger partial charge in [0, 0.05) is 25.9 Å². The lowest BCUT2D eigenvalue weighted by Crippen LogP contribution is -2.42. The molecule has 0 atom stereocenters. The van der Waals surface area contributed by atoms with Crippen molar-refractivity contribution in [2.24, 2.45) is 0 Å². The molecule has 1 aromatic heterocycles. The molecular weight excluding hydrogens is 329 g/mol. The Morgan fingerprint density at radius 3 is 2.82 bits per heavy atom. The molecule has 0 radical (unpaired) electrons. The standard InChI is InChI=1S/C14H13ClFN3O2S/c15-10-2-1-3-11(16)12(10)13(20)19-6-4-9(5-7-19)21-14-18-17-8-22-14/h1-3,8-9H,4-7H2. The Hall–Kier alpha value is -1.73. The molecule has 1 aromatic carbocycles. The second kappa shape index (κ2) is 6.58. The van der Waals surface area contributed by atoms with Crippen molar-refractivity contribution in [1.82, 2.24) is 15.1 Å². The quantitative estimate of drug-likeness (QED) is 0.861. The predicted octanol–water partition coefficient (Wildman–Crippen LogP) is 3.01. The average Bonchev–Trinajstić information content (AvgIpc) is 3.00. The lowest BCUT2D eigenvalue weighted by Gasteiger charge is -2.31. The molecule has 116 valence electrons. The summed E-state index contributed by atoms with van der Waals surface area (Å²) in [4.78, 5) is 14.0. The fraction of sp³-hybridized carbons (Fsp3) is 0.357. The second-order valence-electron chi connectivity index (χ2n) is 4.91. The molecule has 0 saturated carbocycles. The third kappa shape index (κ3) is 3.20. The molecule has 1 aliphatic rings. The maximum atomic E-state index is 13.8. The normalized spacial score (nSPS) is 15.8. The van der Waals surface area contributed by atoms with Crippen LogP contribution in [0, 0.1) is 5.82 Å². The lowest BCUT2D eigenvalue weighted by molar-refractivity contribution is 0.0590. The van der Waals surface area contributed by atoms with Crippen molar-refractivity contribution in [1.29, 1.82) is 0 Å². The predicted molar refractivity (Wildman–Crippen MR) is 80.9 cm³/mol. The summed E-state index contributed by atoms with van der Waals surface area (Å²) in [7, 11) is 0. The van der Waals surface area contributed by atoms with E-state index >= 15 is 0 Å². The Morgan fingerprint density at radius 1 is 1.41 bits per heavy atom. The van der Waals surface area contributed by atoms with Crippen LogP contribution in [0.5, 0.6) is 5.19 Å². The van der Waals surface area contributed by atoms with Crippen molar-refractivity contribution in [2.75, 3.05) is 13.1 Å². The van der Waals surface area contributed by atoms with Gasteiger partial charge >= 0.3 is 0 Å². The van der Waals surface area contributed by atoms with Gasteiger partial charge in [-0.1, -0.05) is 29.0 Å². The minimum absolute atomic E-state index is 0.00640. The molecule has 1 fully saturated rings. The van der Waals surface area contributed by atoms with E-state index in [9.17, 15) is 9.18 Å². The number of carbonyl (C=O) groups is 1. The van der Waals surface area contributed by atoms with Gasteiger partial charge in [-0.3, -0.25) is 4.79 Å². The Balaban J connectivity index is 1.62. The van der Waals surface area contributed by atoms with Gasteiger partial charge in [0.15, 0.2) is 0 Å². The van der Waals surface area contributed by atoms with Crippen molar-refractivity contribution < 1.29 is 13.9 Å². The molecular formula is C14H13ClFN3O2S. The van der Waals surface area contributed by atoms with Gasteiger partial charge < -0.3 is 9.64 Å². The first-order chi connectivity index (χ1) is 10.6. The maximum Gasteiger partial charge on any atom is 0.294 e. The molecule has 1 saturated heterocycles. The van der Waals surface area contributed by atoms with Gasteiger partial charge in [-0.15, -0.1) is 10.2 Å². The SMILES string of the molecule is O=C(c1c(F)cccc1Cl)N1CCC(Oc2nncs2)CC1. The van der Waals surface area contributed by atoms with Crippen LogP contribution in [0.15, 0.2) is 23.7 Å². The van der Waals surface area contributed by atoms with Crippen molar-refractivity contribution in [3.8, 4) is 5.19 Å². The number of halogens is 2. The van der Waals surface area contributed by atoms with E-state index < -0.39 is 5.82 Å². The molecule has 1 amide bonds. The zero-order chi connectivity index (χ0) is 15.5. The van der Waals surface area contributed by atoms with Crippen LogP contribution in [-0.2, 0) is 0 Å². The largest absolute Gasteiger partial charge is 0.465 e. The summed E-state index contributed by atoms with van der Waals surface area (Å²) in [6, 6.07) is 4.24. The Morgan fingerprint density at radius 2 is 2.18 bits per heavy atom. The highest BCUT2D eigenvalue weighted by molar-refractivity contribution is 7.11. The lowest BCUT2D eigenvalue weighted by atomic mass is 10.1. The van der Waals surface area contributed by atoms with Crippen molar-refractivity contribution in [3.05, 3.63) is 40.1 Å². The van der Waals surface area contributed by atoms with E-state index in [1.807, 2.05) is 0 Å². The second-order valence-corrected chi connectivity index (χ2v) is 6.11. The number of ether oxygens (including phenoxy) is 1. The van der Waals surface area contributed by atoms with Crippen molar-refractivity contribution in [3.63, 3.8) is 0 Å². The van der Waals surface area contributed by atoms with Crippen molar-refractivity contribution >= 4 is 28.8 Å². The Kier molecular flexibility index (Phi) is 4.54. The van der Waals surface area contributed by atoms with Gasteiger partial charge in [0.05, 0.1) is 10.6 Å². The summed E-state index contributed by atoms with van der Waals surface area (Å²) in [5.41, 5.74) is 1.54. The van der Waals surface area contributed by atoms with E-state index in [-0.39, 0.29) is 22.6 Å². The van der Waals surface area contributed by atoms with E-state index in [1.54, 1.807) is 10.4 Å². The summed E-state index contributed by atoms with van der Waals surface area (Å²) in [6.07, 6.45) is 1.32. The van der Waals surface area contributed by atoms with Crippen LogP contribution in [0.4, 0.5) is 4.39 Å². The maximum absolute atomic E-state index is 13.8. The van der Waals surface area contributed by atoms with E-state index in [2.05, 4.69) is 10.2 Å². The molecule has 3 rings (SSSR count). The van der Waals surface area contributed by atoms with Crippen LogP contribution < -0.4 is 4.74 Å². The number of aromatic nitrogens is 2. The van der Waals surface area contributed by atoms with Gasteiger partial charge in [-0.05, 0) is 12.1 Å². The molecule has 2 heterocycles. The summed E-state index contributed by atoms with van der Waals surface area (Å²) in [5.74, 6) is -0.970. The number of amides is 1. The molecule has 0 spiro atoms. The Labute approximate surface area is 135 Å². The third-order valence-electron chi connectivity index (χ3n) is 3.51. The zero-order valence-electron chi connectivity index (χ0n) is 11.5. The molecule has 1 aliphatic heterocycles. The number of hydrogen-bond acceptors (Lipinski definition) is 5. The van der Waals surface area contributed by atoms with Gasteiger partial charge in [0.25, 0.3) is 11.1 Å². The molecule has 2 aromatic rings. The highest BCUT2D eigenvalue weighted by atomic mass is 35.5. The zero-order valence-corrected chi connectivity index (χ0v) is 13.1. The summed E-state index contributed by atoms with van der Waals surface area (Å²) in [6.45, 7) is 0.986. The molecule has 8 heteroatoms. The first kappa shape index (κ1) is 15.2. The number of carbonyl (C=O) groups excluding carboxylic acids is 1. The minimum atomic E-state index is -0.593. The van der Waals surface area contributed by atoms with E-state index in [0.717, 1.165) is 0 Å². The molecule has 0 N–H and O–H groups in total. The van der Waals surface area contributed by atoms with E-state index in [1.165, 1.54) is 29.5 Å². The molecule has 22 heavy (non-hydrogen) atoms. The van der Waals surface area contributed by atoms with Gasteiger partial charge in [0.2, 0.25) is 0 Å². The number of piperidine rings is 1. The number of nitrogens with zero attached hydrogens (tertiary/aromatic N) is 3. The monoisotopic (exact) mass is 341 g/mol. The smallest absolute Gasteiger partial charge is 0.294 e. The Bertz CT molecular complexity index is 640. The first-order valence-corrected chi connectivity index (χ1v) is 8.07. The summed E-state index contributed by atoms with van der Waals surface area (Å²) in [5, 5.41) is 8.21. The summed E-state index contributed by atoms with van der Waals surface area (Å²) >= 11 is 7.27. The van der Waals surface area contributed by atoms with Crippen LogP contribution in [0.3, 0.4) is 0 Å². The summed E-state index contributed by atoms with van der Waals surface area (Å²) < 4.78 is 19.5. The average molecular weight is 342 g/mol. The van der Waals surface area contributed by atoms with Gasteiger partial charge in [-0.2, -0.15) is 0 Å². The van der Waals surface area contributed by atoms with Crippen LogP contribution >= 0.6 is 22.9 Å². The first-order valence-electron chi connectivity index (χ1n) is 6.81. The van der Waals surface area contributed by atoms with Crippen LogP contribution in [0.2, 0.25) is 5.02 Å². The van der Waals surface area contributed by atoms with E-state index in [0.29, 0.717) is 31.1 Å².